The first kappa shape index (κ1) is 16.6. The lowest BCUT2D eigenvalue weighted by Gasteiger charge is -2.13. The van der Waals surface area contributed by atoms with E-state index in [1.807, 2.05) is 0 Å². The second-order valence-electron chi connectivity index (χ2n) is 4.88. The van der Waals surface area contributed by atoms with Crippen LogP contribution in [0.1, 0.15) is 10.4 Å². The van der Waals surface area contributed by atoms with Gasteiger partial charge in [-0.25, -0.2) is 9.36 Å². The molecule has 3 rings (SSSR count). The van der Waals surface area contributed by atoms with Crippen molar-refractivity contribution in [1.82, 2.24) is 19.5 Å². The minimum Gasteiger partial charge on any atom is -0.479 e. The molecule has 0 amide bonds. The lowest BCUT2D eigenvalue weighted by Crippen LogP contribution is -2.22. The number of aromatic nitrogens is 4. The number of hydrogen-bond donors (Lipinski definition) is 2. The Morgan fingerprint density at radius 3 is 2.44 bits per heavy atom. The highest BCUT2D eigenvalue weighted by Gasteiger charge is 2.19. The molecule has 10 heteroatoms. The van der Waals surface area contributed by atoms with Gasteiger partial charge in [0.25, 0.3) is 5.56 Å². The van der Waals surface area contributed by atoms with Gasteiger partial charge in [0.1, 0.15) is 6.33 Å². The highest BCUT2D eigenvalue weighted by molar-refractivity contribution is 7.71. The number of ether oxygens (including phenoxy) is 2. The second kappa shape index (κ2) is 6.32. The fourth-order valence-electron chi connectivity index (χ4n) is 2.39. The van der Waals surface area contributed by atoms with Crippen LogP contribution in [0.25, 0.3) is 16.6 Å². The first-order valence-electron chi connectivity index (χ1n) is 6.93. The molecule has 25 heavy (non-hydrogen) atoms. The zero-order valence-corrected chi connectivity index (χ0v) is 14.0. The Labute approximate surface area is 145 Å². The number of carboxylic acids is 1. The Hall–Kier alpha value is -3.27. The molecule has 0 aliphatic rings. The van der Waals surface area contributed by atoms with Gasteiger partial charge >= 0.3 is 5.97 Å². The molecule has 0 fully saturated rings. The zero-order valence-electron chi connectivity index (χ0n) is 13.1. The summed E-state index contributed by atoms with van der Waals surface area (Å²) in [4.78, 5) is 34.8. The van der Waals surface area contributed by atoms with Crippen molar-refractivity contribution in [3.05, 3.63) is 45.2 Å². The third kappa shape index (κ3) is 2.72. The van der Waals surface area contributed by atoms with Crippen LogP contribution in [0, 0.1) is 4.77 Å². The Morgan fingerprint density at radius 1 is 1.24 bits per heavy atom. The maximum Gasteiger partial charge on any atom is 0.335 e. The van der Waals surface area contributed by atoms with Crippen LogP contribution in [-0.4, -0.2) is 44.8 Å². The summed E-state index contributed by atoms with van der Waals surface area (Å²) >= 11 is 5.27. The number of benzene rings is 1. The number of nitrogens with zero attached hydrogens (tertiary/aromatic N) is 3. The van der Waals surface area contributed by atoms with E-state index in [0.717, 1.165) is 4.57 Å². The highest BCUT2D eigenvalue weighted by Crippen LogP contribution is 2.27. The van der Waals surface area contributed by atoms with Crippen LogP contribution in [0.15, 0.2) is 29.3 Å². The van der Waals surface area contributed by atoms with Crippen LogP contribution in [0.3, 0.4) is 0 Å². The van der Waals surface area contributed by atoms with Crippen LogP contribution in [0.4, 0.5) is 0 Å². The number of nitrogens with one attached hydrogen (secondary N) is 1. The Kier molecular flexibility index (Phi) is 4.19. The normalized spacial score (nSPS) is 10.6. The molecule has 3 aromatic rings. The number of rotatable bonds is 4. The molecule has 2 aromatic heterocycles. The molecule has 0 radical (unpaired) electrons. The van der Waals surface area contributed by atoms with Gasteiger partial charge in [-0.2, -0.15) is 9.97 Å². The molecule has 0 bridgehead atoms. The molecule has 0 aliphatic carbocycles. The van der Waals surface area contributed by atoms with Gasteiger partial charge in [0.15, 0.2) is 10.5 Å². The number of fused-ring (bicyclic) bond motifs is 1. The number of H-pyrrole nitrogens is 1. The fourth-order valence-corrected chi connectivity index (χ4v) is 2.68. The van der Waals surface area contributed by atoms with Gasteiger partial charge in [0, 0.05) is 0 Å². The topological polar surface area (TPSA) is 119 Å². The van der Waals surface area contributed by atoms with Crippen molar-refractivity contribution in [3.63, 3.8) is 0 Å². The summed E-state index contributed by atoms with van der Waals surface area (Å²) in [7, 11) is 2.78. The summed E-state index contributed by atoms with van der Waals surface area (Å²) in [5.74, 6) is -0.893. The SMILES string of the molecule is COc1ncnc(OC)c1-n1c(=S)[nH]c2cc(C(=O)O)ccc2c1=O. The zero-order chi connectivity index (χ0) is 18.1. The molecule has 9 nitrogen and oxygen atoms in total. The minimum atomic E-state index is -1.11. The highest BCUT2D eigenvalue weighted by atomic mass is 32.1. The van der Waals surface area contributed by atoms with E-state index in [4.69, 9.17) is 26.8 Å². The van der Waals surface area contributed by atoms with Gasteiger partial charge < -0.3 is 19.6 Å². The smallest absolute Gasteiger partial charge is 0.335 e. The van der Waals surface area contributed by atoms with Crippen molar-refractivity contribution < 1.29 is 19.4 Å². The molecule has 0 unspecified atom stereocenters. The van der Waals surface area contributed by atoms with E-state index >= 15 is 0 Å². The molecule has 0 aliphatic heterocycles. The number of hydrogen-bond acceptors (Lipinski definition) is 7. The van der Waals surface area contributed by atoms with E-state index < -0.39 is 11.5 Å². The largest absolute Gasteiger partial charge is 0.479 e. The fraction of sp³-hybridized carbons (Fsp3) is 0.133. The molecule has 128 valence electrons. The number of carboxylic acid groups (broad SMARTS) is 1. The van der Waals surface area contributed by atoms with E-state index in [-0.39, 0.29) is 33.2 Å². The molecule has 0 spiro atoms. The monoisotopic (exact) mass is 360 g/mol. The number of carbonyl (C=O) groups is 1. The van der Waals surface area contributed by atoms with Crippen LogP contribution in [0.5, 0.6) is 11.8 Å². The molecule has 0 saturated heterocycles. The second-order valence-corrected chi connectivity index (χ2v) is 5.26. The molecule has 0 saturated carbocycles. The van der Waals surface area contributed by atoms with E-state index in [1.165, 1.54) is 38.7 Å². The van der Waals surface area contributed by atoms with Gasteiger partial charge in [0.05, 0.1) is 30.7 Å². The maximum absolute atomic E-state index is 12.9. The van der Waals surface area contributed by atoms with Crippen LogP contribution < -0.4 is 15.0 Å². The quantitative estimate of drug-likeness (QED) is 0.673. The predicted octanol–water partition coefficient (Wildman–Crippen LogP) is 1.55. The molecule has 2 N–H and O–H groups in total. The van der Waals surface area contributed by atoms with Gasteiger partial charge in [-0.05, 0) is 30.4 Å². The first-order valence-corrected chi connectivity index (χ1v) is 7.34. The third-order valence-corrected chi connectivity index (χ3v) is 3.79. The lowest BCUT2D eigenvalue weighted by molar-refractivity contribution is 0.0697. The standard InChI is InChI=1S/C15H12N4O5S/c1-23-11-10(12(24-2)17-6-16-11)19-13(20)8-4-3-7(14(21)22)5-9(8)18-15(19)25/h3-6H,1-2H3,(H,18,25)(H,21,22). The Balaban J connectivity index is 2.40. The van der Waals surface area contributed by atoms with Crippen LogP contribution in [-0.2, 0) is 0 Å². The van der Waals surface area contributed by atoms with E-state index in [2.05, 4.69) is 15.0 Å². The molecular formula is C15H12N4O5S. The average Bonchev–Trinajstić information content (AvgIpc) is 2.61. The van der Waals surface area contributed by atoms with E-state index in [1.54, 1.807) is 0 Å². The van der Waals surface area contributed by atoms with Crippen LogP contribution in [0.2, 0.25) is 0 Å². The first-order chi connectivity index (χ1) is 12.0. The van der Waals surface area contributed by atoms with Crippen molar-refractivity contribution >= 4 is 29.1 Å². The van der Waals surface area contributed by atoms with Crippen molar-refractivity contribution in [1.29, 1.82) is 0 Å². The van der Waals surface area contributed by atoms with Crippen molar-refractivity contribution in [3.8, 4) is 17.4 Å². The Bertz CT molecular complexity index is 1080. The van der Waals surface area contributed by atoms with Crippen molar-refractivity contribution in [2.75, 3.05) is 14.2 Å². The summed E-state index contributed by atoms with van der Waals surface area (Å²) in [5.41, 5.74) is 0.0134. The summed E-state index contributed by atoms with van der Waals surface area (Å²) in [6, 6.07) is 4.09. The lowest BCUT2D eigenvalue weighted by atomic mass is 10.1. The van der Waals surface area contributed by atoms with Gasteiger partial charge in [-0.1, -0.05) is 0 Å². The number of aromatic carboxylic acids is 1. The maximum atomic E-state index is 12.9. The summed E-state index contributed by atoms with van der Waals surface area (Å²) in [6.45, 7) is 0. The van der Waals surface area contributed by atoms with Gasteiger partial charge in [-0.3, -0.25) is 4.79 Å². The average molecular weight is 360 g/mol. The molecule has 1 aromatic carbocycles. The predicted molar refractivity (Wildman–Crippen MR) is 90.4 cm³/mol. The molecule has 0 atom stereocenters. The van der Waals surface area contributed by atoms with Gasteiger partial charge in [0.2, 0.25) is 11.8 Å². The van der Waals surface area contributed by atoms with Crippen LogP contribution >= 0.6 is 12.2 Å². The number of methoxy groups -OCH3 is 2. The number of aromatic amines is 1. The van der Waals surface area contributed by atoms with Gasteiger partial charge in [-0.15, -0.1) is 0 Å². The summed E-state index contributed by atoms with van der Waals surface area (Å²) < 4.78 is 11.5. The Morgan fingerprint density at radius 2 is 1.88 bits per heavy atom. The minimum absolute atomic E-state index is 0.0199. The molecular weight excluding hydrogens is 348 g/mol. The summed E-state index contributed by atoms with van der Waals surface area (Å²) in [6.07, 6.45) is 1.24. The summed E-state index contributed by atoms with van der Waals surface area (Å²) in [5, 5.41) is 9.32. The third-order valence-electron chi connectivity index (χ3n) is 3.51. The van der Waals surface area contributed by atoms with Crippen molar-refractivity contribution in [2.45, 2.75) is 0 Å². The van der Waals surface area contributed by atoms with E-state index in [0.29, 0.717) is 5.52 Å². The van der Waals surface area contributed by atoms with E-state index in [9.17, 15) is 9.59 Å². The van der Waals surface area contributed by atoms with Crippen molar-refractivity contribution in [2.24, 2.45) is 0 Å². The molecule has 2 heterocycles.